The predicted octanol–water partition coefficient (Wildman–Crippen LogP) is 4.56. The Morgan fingerprint density at radius 2 is 1.38 bits per heavy atom. The summed E-state index contributed by atoms with van der Waals surface area (Å²) in [5, 5.41) is 9.13. The standard InChI is InChI=1S/C18H19FO2/c1-12(2)13-3-5-14(6-4-13)17(11-18(20)21)15-7-9-16(19)10-8-15/h3-10,12,17H,11H2,1-2H3,(H,20,21). The minimum absolute atomic E-state index is 0.00728. The summed E-state index contributed by atoms with van der Waals surface area (Å²) in [5.74, 6) is -1.01. The molecule has 0 saturated carbocycles. The summed E-state index contributed by atoms with van der Waals surface area (Å²) in [7, 11) is 0. The first-order chi connectivity index (χ1) is 9.97. The molecule has 2 aromatic rings. The molecule has 2 aromatic carbocycles. The normalized spacial score (nSPS) is 12.4. The van der Waals surface area contributed by atoms with Crippen molar-refractivity contribution in [2.75, 3.05) is 0 Å². The number of aliphatic carboxylic acids is 1. The first-order valence-electron chi connectivity index (χ1n) is 7.04. The highest BCUT2D eigenvalue weighted by Gasteiger charge is 2.18. The van der Waals surface area contributed by atoms with Crippen molar-refractivity contribution in [2.24, 2.45) is 0 Å². The number of carboxylic acids is 1. The van der Waals surface area contributed by atoms with Crippen molar-refractivity contribution in [3.05, 3.63) is 71.0 Å². The summed E-state index contributed by atoms with van der Waals surface area (Å²) in [5.41, 5.74) is 2.97. The monoisotopic (exact) mass is 286 g/mol. The molecule has 0 aliphatic rings. The molecule has 0 aliphatic heterocycles. The second-order valence-corrected chi connectivity index (χ2v) is 5.52. The van der Waals surface area contributed by atoms with Crippen molar-refractivity contribution >= 4 is 5.97 Å². The molecule has 0 heterocycles. The lowest BCUT2D eigenvalue weighted by Gasteiger charge is -2.17. The van der Waals surface area contributed by atoms with E-state index in [-0.39, 0.29) is 18.2 Å². The molecule has 2 rings (SSSR count). The minimum atomic E-state index is -0.864. The van der Waals surface area contributed by atoms with Crippen molar-refractivity contribution in [3.8, 4) is 0 Å². The molecule has 0 amide bonds. The molecule has 3 heteroatoms. The molecule has 2 nitrogen and oxygen atoms in total. The molecule has 0 aliphatic carbocycles. The number of hydrogen-bond donors (Lipinski definition) is 1. The van der Waals surface area contributed by atoms with Gasteiger partial charge in [0, 0.05) is 5.92 Å². The van der Waals surface area contributed by atoms with Crippen LogP contribution in [-0.4, -0.2) is 11.1 Å². The van der Waals surface area contributed by atoms with Gasteiger partial charge in [-0.1, -0.05) is 50.2 Å². The van der Waals surface area contributed by atoms with Gasteiger partial charge in [0.05, 0.1) is 6.42 Å². The van der Waals surface area contributed by atoms with E-state index in [4.69, 9.17) is 5.11 Å². The van der Waals surface area contributed by atoms with Crippen LogP contribution in [0.5, 0.6) is 0 Å². The van der Waals surface area contributed by atoms with Gasteiger partial charge in [-0.05, 0) is 34.7 Å². The molecule has 0 saturated heterocycles. The zero-order valence-electron chi connectivity index (χ0n) is 12.2. The molecule has 0 bridgehead atoms. The van der Waals surface area contributed by atoms with Gasteiger partial charge in [0.25, 0.3) is 0 Å². The fourth-order valence-corrected chi connectivity index (χ4v) is 2.41. The van der Waals surface area contributed by atoms with Gasteiger partial charge in [0.15, 0.2) is 0 Å². The second-order valence-electron chi connectivity index (χ2n) is 5.52. The predicted molar refractivity (Wildman–Crippen MR) is 81.0 cm³/mol. The lowest BCUT2D eigenvalue weighted by Crippen LogP contribution is -2.08. The van der Waals surface area contributed by atoms with Gasteiger partial charge < -0.3 is 5.11 Å². The molecule has 1 unspecified atom stereocenters. The third-order valence-electron chi connectivity index (χ3n) is 3.66. The summed E-state index contributed by atoms with van der Waals surface area (Å²) in [6, 6.07) is 14.0. The van der Waals surface area contributed by atoms with E-state index in [1.807, 2.05) is 24.3 Å². The van der Waals surface area contributed by atoms with E-state index in [1.165, 1.54) is 17.7 Å². The van der Waals surface area contributed by atoms with Crippen molar-refractivity contribution in [2.45, 2.75) is 32.1 Å². The quantitative estimate of drug-likeness (QED) is 0.875. The van der Waals surface area contributed by atoms with Crippen LogP contribution in [0.1, 0.15) is 48.8 Å². The number of halogens is 1. The third kappa shape index (κ3) is 3.91. The Labute approximate surface area is 124 Å². The molecular formula is C18H19FO2. The van der Waals surface area contributed by atoms with Gasteiger partial charge in [0.1, 0.15) is 5.82 Å². The fourth-order valence-electron chi connectivity index (χ4n) is 2.41. The largest absolute Gasteiger partial charge is 0.481 e. The number of carboxylic acid groups (broad SMARTS) is 1. The first kappa shape index (κ1) is 15.2. The molecule has 0 fully saturated rings. The smallest absolute Gasteiger partial charge is 0.304 e. The van der Waals surface area contributed by atoms with Crippen LogP contribution in [-0.2, 0) is 4.79 Å². The summed E-state index contributed by atoms with van der Waals surface area (Å²) in [6.45, 7) is 4.23. The van der Waals surface area contributed by atoms with Crippen molar-refractivity contribution in [1.82, 2.24) is 0 Å². The maximum Gasteiger partial charge on any atom is 0.304 e. The summed E-state index contributed by atoms with van der Waals surface area (Å²) in [6.07, 6.45) is -0.00728. The van der Waals surface area contributed by atoms with Gasteiger partial charge in [-0.2, -0.15) is 0 Å². The van der Waals surface area contributed by atoms with Gasteiger partial charge in [-0.15, -0.1) is 0 Å². The van der Waals surface area contributed by atoms with Crippen LogP contribution in [0.4, 0.5) is 4.39 Å². The highest BCUT2D eigenvalue weighted by molar-refractivity contribution is 5.69. The number of carbonyl (C=O) groups is 1. The Balaban J connectivity index is 2.35. The van der Waals surface area contributed by atoms with E-state index in [2.05, 4.69) is 13.8 Å². The van der Waals surface area contributed by atoms with Gasteiger partial charge in [-0.25, -0.2) is 4.39 Å². The Morgan fingerprint density at radius 3 is 1.81 bits per heavy atom. The van der Waals surface area contributed by atoms with Crippen LogP contribution in [0, 0.1) is 5.82 Å². The molecule has 1 atom stereocenters. The lowest BCUT2D eigenvalue weighted by molar-refractivity contribution is -0.137. The minimum Gasteiger partial charge on any atom is -0.481 e. The summed E-state index contributed by atoms with van der Waals surface area (Å²) in [4.78, 5) is 11.1. The first-order valence-corrected chi connectivity index (χ1v) is 7.04. The van der Waals surface area contributed by atoms with E-state index in [9.17, 15) is 9.18 Å². The van der Waals surface area contributed by atoms with Crippen LogP contribution in [0.3, 0.4) is 0 Å². The van der Waals surface area contributed by atoms with Gasteiger partial charge >= 0.3 is 5.97 Å². The molecule has 0 radical (unpaired) electrons. The van der Waals surface area contributed by atoms with E-state index >= 15 is 0 Å². The van der Waals surface area contributed by atoms with Gasteiger partial charge in [-0.3, -0.25) is 4.79 Å². The van der Waals surface area contributed by atoms with Crippen molar-refractivity contribution in [1.29, 1.82) is 0 Å². The maximum atomic E-state index is 13.0. The van der Waals surface area contributed by atoms with E-state index in [1.54, 1.807) is 12.1 Å². The topological polar surface area (TPSA) is 37.3 Å². The number of rotatable bonds is 5. The molecule has 1 N–H and O–H groups in total. The van der Waals surface area contributed by atoms with E-state index in [0.29, 0.717) is 5.92 Å². The molecule has 21 heavy (non-hydrogen) atoms. The Hall–Kier alpha value is -2.16. The molecule has 0 spiro atoms. The molecular weight excluding hydrogens is 267 g/mol. The third-order valence-corrected chi connectivity index (χ3v) is 3.66. The molecule has 110 valence electrons. The zero-order chi connectivity index (χ0) is 15.4. The van der Waals surface area contributed by atoms with Crippen LogP contribution < -0.4 is 0 Å². The van der Waals surface area contributed by atoms with Crippen LogP contribution in [0.25, 0.3) is 0 Å². The summed E-state index contributed by atoms with van der Waals surface area (Å²) >= 11 is 0. The van der Waals surface area contributed by atoms with Crippen molar-refractivity contribution in [3.63, 3.8) is 0 Å². The average molecular weight is 286 g/mol. The van der Waals surface area contributed by atoms with E-state index in [0.717, 1.165) is 11.1 Å². The highest BCUT2D eigenvalue weighted by Crippen LogP contribution is 2.29. The van der Waals surface area contributed by atoms with Crippen LogP contribution >= 0.6 is 0 Å². The SMILES string of the molecule is CC(C)c1ccc(C(CC(=O)O)c2ccc(F)cc2)cc1. The highest BCUT2D eigenvalue weighted by atomic mass is 19.1. The van der Waals surface area contributed by atoms with Crippen LogP contribution in [0.15, 0.2) is 48.5 Å². The van der Waals surface area contributed by atoms with Gasteiger partial charge in [0.2, 0.25) is 0 Å². The maximum absolute atomic E-state index is 13.0. The number of benzene rings is 2. The fraction of sp³-hybridized carbons (Fsp3) is 0.278. The lowest BCUT2D eigenvalue weighted by atomic mass is 9.87. The van der Waals surface area contributed by atoms with E-state index < -0.39 is 5.97 Å². The summed E-state index contributed by atoms with van der Waals surface area (Å²) < 4.78 is 13.0. The zero-order valence-corrected chi connectivity index (χ0v) is 12.2. The second kappa shape index (κ2) is 6.53. The Kier molecular flexibility index (Phi) is 4.73. The Morgan fingerprint density at radius 1 is 0.952 bits per heavy atom. The average Bonchev–Trinajstić information content (AvgIpc) is 2.46. The molecule has 0 aromatic heterocycles. The van der Waals surface area contributed by atoms with Crippen molar-refractivity contribution < 1.29 is 14.3 Å². The number of hydrogen-bond acceptors (Lipinski definition) is 1. The Bertz CT molecular complexity index is 600. The van der Waals surface area contributed by atoms with Crippen LogP contribution in [0.2, 0.25) is 0 Å².